The summed E-state index contributed by atoms with van der Waals surface area (Å²) in [5.74, 6) is 0.862. The Hall–Kier alpha value is -0.760. The average molecular weight is 206 g/mol. The van der Waals surface area contributed by atoms with Crippen molar-refractivity contribution in [1.82, 2.24) is 4.57 Å². The Morgan fingerprint density at radius 2 is 1.93 bits per heavy atom. The molecule has 1 aromatic rings. The Labute approximate surface area is 92.5 Å². The maximum atomic E-state index is 5.63. The van der Waals surface area contributed by atoms with E-state index in [1.807, 2.05) is 0 Å². The zero-order valence-corrected chi connectivity index (χ0v) is 9.87. The van der Waals surface area contributed by atoms with Crippen molar-refractivity contribution in [2.24, 2.45) is 11.7 Å². The van der Waals surface area contributed by atoms with Crippen LogP contribution in [0.2, 0.25) is 0 Å². The zero-order valence-electron chi connectivity index (χ0n) is 9.87. The number of nitrogens with two attached hydrogens (primary N) is 1. The minimum atomic E-state index is 0.733. The van der Waals surface area contributed by atoms with E-state index in [1.165, 1.54) is 37.1 Å². The number of hydrogen-bond donors (Lipinski definition) is 1. The predicted octanol–water partition coefficient (Wildman–Crippen LogP) is 2.79. The Morgan fingerprint density at radius 1 is 1.27 bits per heavy atom. The highest BCUT2D eigenvalue weighted by Gasteiger charge is 2.26. The molecule has 0 bridgehead atoms. The molecule has 15 heavy (non-hydrogen) atoms. The van der Waals surface area contributed by atoms with Gasteiger partial charge in [-0.25, -0.2) is 0 Å². The Balaban J connectivity index is 2.07. The summed E-state index contributed by atoms with van der Waals surface area (Å²) < 4.78 is 2.51. The van der Waals surface area contributed by atoms with Gasteiger partial charge >= 0.3 is 0 Å². The van der Waals surface area contributed by atoms with Gasteiger partial charge in [-0.1, -0.05) is 0 Å². The lowest BCUT2D eigenvalue weighted by atomic mass is 10.0. The summed E-state index contributed by atoms with van der Waals surface area (Å²) in [6.45, 7) is 5.27. The lowest BCUT2D eigenvalue weighted by Crippen LogP contribution is -2.10. The first kappa shape index (κ1) is 10.7. The van der Waals surface area contributed by atoms with Crippen molar-refractivity contribution in [2.45, 2.75) is 45.6 Å². The molecule has 1 aromatic heterocycles. The molecule has 0 amide bonds. The molecule has 2 atom stereocenters. The van der Waals surface area contributed by atoms with Crippen molar-refractivity contribution in [3.8, 4) is 0 Å². The van der Waals surface area contributed by atoms with Crippen LogP contribution >= 0.6 is 0 Å². The van der Waals surface area contributed by atoms with Crippen molar-refractivity contribution < 1.29 is 0 Å². The first-order valence-electron chi connectivity index (χ1n) is 6.07. The molecule has 2 heteroatoms. The van der Waals surface area contributed by atoms with Crippen molar-refractivity contribution >= 4 is 0 Å². The van der Waals surface area contributed by atoms with Crippen LogP contribution < -0.4 is 5.73 Å². The number of rotatable bonds is 3. The minimum absolute atomic E-state index is 0.733. The highest BCUT2D eigenvalue weighted by molar-refractivity contribution is 5.15. The van der Waals surface area contributed by atoms with Gasteiger partial charge in [0, 0.05) is 17.4 Å². The summed E-state index contributed by atoms with van der Waals surface area (Å²) in [5, 5.41) is 0. The van der Waals surface area contributed by atoms with E-state index in [4.69, 9.17) is 5.73 Å². The second-order valence-corrected chi connectivity index (χ2v) is 4.90. The summed E-state index contributed by atoms with van der Waals surface area (Å²) in [5.41, 5.74) is 8.44. The maximum absolute atomic E-state index is 5.63. The van der Waals surface area contributed by atoms with Gasteiger partial charge in [0.05, 0.1) is 0 Å². The van der Waals surface area contributed by atoms with E-state index >= 15 is 0 Å². The van der Waals surface area contributed by atoms with E-state index in [2.05, 4.69) is 30.5 Å². The first-order chi connectivity index (χ1) is 7.22. The van der Waals surface area contributed by atoms with Crippen LogP contribution in [0.25, 0.3) is 0 Å². The van der Waals surface area contributed by atoms with E-state index in [1.54, 1.807) is 0 Å². The molecule has 1 aliphatic carbocycles. The third kappa shape index (κ3) is 2.10. The van der Waals surface area contributed by atoms with Gasteiger partial charge in [-0.15, -0.1) is 0 Å². The molecule has 0 spiro atoms. The summed E-state index contributed by atoms with van der Waals surface area (Å²) >= 11 is 0. The first-order valence-corrected chi connectivity index (χ1v) is 6.07. The fraction of sp³-hybridized carbons (Fsp3) is 0.692. The molecule has 0 aliphatic heterocycles. The quantitative estimate of drug-likeness (QED) is 0.810. The van der Waals surface area contributed by atoms with Gasteiger partial charge in [0.15, 0.2) is 0 Å². The molecular formula is C13H22N2. The van der Waals surface area contributed by atoms with Gasteiger partial charge in [0.2, 0.25) is 0 Å². The Kier molecular flexibility index (Phi) is 3.15. The van der Waals surface area contributed by atoms with E-state index in [9.17, 15) is 0 Å². The van der Waals surface area contributed by atoms with Gasteiger partial charge < -0.3 is 10.3 Å². The fourth-order valence-corrected chi connectivity index (χ4v) is 3.04. The fourth-order valence-electron chi connectivity index (χ4n) is 3.04. The minimum Gasteiger partial charge on any atom is -0.346 e. The maximum Gasteiger partial charge on any atom is 0.0338 e. The smallest absolute Gasteiger partial charge is 0.0338 e. The van der Waals surface area contributed by atoms with Crippen molar-refractivity contribution in [2.75, 3.05) is 6.54 Å². The molecule has 0 saturated heterocycles. The summed E-state index contributed by atoms with van der Waals surface area (Å²) in [7, 11) is 0. The third-order valence-electron chi connectivity index (χ3n) is 3.78. The number of nitrogens with zero attached hydrogens (tertiary/aromatic N) is 1. The topological polar surface area (TPSA) is 30.9 Å². The van der Waals surface area contributed by atoms with Gasteiger partial charge in [-0.2, -0.15) is 0 Å². The second-order valence-electron chi connectivity index (χ2n) is 4.90. The van der Waals surface area contributed by atoms with Crippen LogP contribution in [0.4, 0.5) is 0 Å². The standard InChI is InChI=1S/C13H22N2/c1-10-3-4-11(2)15(10)13-6-5-12(9-13)7-8-14/h3-4,12-13H,5-9,14H2,1-2H3. The molecule has 0 aromatic carbocycles. The van der Waals surface area contributed by atoms with E-state index in [0.29, 0.717) is 0 Å². The van der Waals surface area contributed by atoms with E-state index < -0.39 is 0 Å². The number of aromatic nitrogens is 1. The molecule has 0 radical (unpaired) electrons. The monoisotopic (exact) mass is 206 g/mol. The van der Waals surface area contributed by atoms with Gasteiger partial charge in [-0.05, 0) is 64.1 Å². The molecule has 84 valence electrons. The molecule has 1 heterocycles. The second kappa shape index (κ2) is 4.40. The SMILES string of the molecule is Cc1ccc(C)n1C1CCC(CCN)C1. The summed E-state index contributed by atoms with van der Waals surface area (Å²) in [6, 6.07) is 5.19. The summed E-state index contributed by atoms with van der Waals surface area (Å²) in [6.07, 6.45) is 5.23. The van der Waals surface area contributed by atoms with Crippen molar-refractivity contribution in [3.63, 3.8) is 0 Å². The van der Waals surface area contributed by atoms with Crippen LogP contribution in [0.3, 0.4) is 0 Å². The van der Waals surface area contributed by atoms with Crippen LogP contribution in [0.5, 0.6) is 0 Å². The molecule has 1 fully saturated rings. The molecule has 1 saturated carbocycles. The molecule has 2 rings (SSSR count). The third-order valence-corrected chi connectivity index (χ3v) is 3.78. The van der Waals surface area contributed by atoms with Crippen LogP contribution in [-0.2, 0) is 0 Å². The number of aryl methyl sites for hydroxylation is 2. The van der Waals surface area contributed by atoms with Crippen LogP contribution in [0, 0.1) is 19.8 Å². The normalized spacial score (nSPS) is 26.1. The Bertz CT molecular complexity index is 308. The van der Waals surface area contributed by atoms with Crippen molar-refractivity contribution in [1.29, 1.82) is 0 Å². The van der Waals surface area contributed by atoms with Gasteiger partial charge in [0.25, 0.3) is 0 Å². The lowest BCUT2D eigenvalue weighted by molar-refractivity contribution is 0.451. The molecule has 2 unspecified atom stereocenters. The highest BCUT2D eigenvalue weighted by atomic mass is 15.0. The van der Waals surface area contributed by atoms with Crippen LogP contribution in [0.15, 0.2) is 12.1 Å². The zero-order chi connectivity index (χ0) is 10.8. The average Bonchev–Trinajstić information content (AvgIpc) is 2.75. The predicted molar refractivity (Wildman–Crippen MR) is 64.0 cm³/mol. The molecule has 2 N–H and O–H groups in total. The van der Waals surface area contributed by atoms with Crippen LogP contribution in [-0.4, -0.2) is 11.1 Å². The Morgan fingerprint density at radius 3 is 2.53 bits per heavy atom. The summed E-state index contributed by atoms with van der Waals surface area (Å²) in [4.78, 5) is 0. The molecular weight excluding hydrogens is 184 g/mol. The van der Waals surface area contributed by atoms with E-state index in [-0.39, 0.29) is 0 Å². The largest absolute Gasteiger partial charge is 0.346 e. The number of hydrogen-bond acceptors (Lipinski definition) is 1. The van der Waals surface area contributed by atoms with Gasteiger partial charge in [-0.3, -0.25) is 0 Å². The molecule has 2 nitrogen and oxygen atoms in total. The van der Waals surface area contributed by atoms with Crippen LogP contribution in [0.1, 0.15) is 43.1 Å². The molecule has 1 aliphatic rings. The van der Waals surface area contributed by atoms with Crippen molar-refractivity contribution in [3.05, 3.63) is 23.5 Å². The highest BCUT2D eigenvalue weighted by Crippen LogP contribution is 2.37. The van der Waals surface area contributed by atoms with E-state index in [0.717, 1.165) is 18.5 Å². The lowest BCUT2D eigenvalue weighted by Gasteiger charge is -2.17. The van der Waals surface area contributed by atoms with Gasteiger partial charge in [0.1, 0.15) is 0 Å².